The van der Waals surface area contributed by atoms with Crippen LogP contribution in [0.2, 0.25) is 5.02 Å². The number of rotatable bonds is 8. The molecule has 1 atom stereocenters. The molecule has 2 aromatic carbocycles. The van der Waals surface area contributed by atoms with Crippen LogP contribution >= 0.6 is 24.0 Å². The second kappa shape index (κ2) is 11.2. The molecule has 2 aromatic rings. The van der Waals surface area contributed by atoms with Crippen molar-refractivity contribution < 1.29 is 4.79 Å². The van der Waals surface area contributed by atoms with Crippen molar-refractivity contribution in [1.29, 1.82) is 0 Å². The fourth-order valence-electron chi connectivity index (χ4n) is 2.93. The van der Waals surface area contributed by atoms with Crippen molar-refractivity contribution >= 4 is 29.9 Å². The highest BCUT2D eigenvalue weighted by atomic mass is 35.5. The first-order valence-corrected chi connectivity index (χ1v) is 9.04. The normalized spacial score (nSPS) is 11.7. The van der Waals surface area contributed by atoms with Gasteiger partial charge in [-0.25, -0.2) is 0 Å². The standard InChI is InChI=1S/C20H26ClN3O.ClH/c1-3-24(4-2)19(17-7-5-6-8-18(17)21)14-23-20(25)16-11-9-15(13-22)10-12-16;/h5-12,19H,3-4,13-14,22H2,1-2H3,(H,23,25);1H. The number of amides is 1. The van der Waals surface area contributed by atoms with E-state index in [1.807, 2.05) is 36.4 Å². The summed E-state index contributed by atoms with van der Waals surface area (Å²) in [6.45, 7) is 6.96. The van der Waals surface area contributed by atoms with Gasteiger partial charge in [-0.3, -0.25) is 9.69 Å². The molecule has 0 heterocycles. The highest BCUT2D eigenvalue weighted by molar-refractivity contribution is 6.31. The fourth-order valence-corrected chi connectivity index (χ4v) is 3.19. The summed E-state index contributed by atoms with van der Waals surface area (Å²) in [5.41, 5.74) is 8.27. The first-order valence-electron chi connectivity index (χ1n) is 8.66. The van der Waals surface area contributed by atoms with E-state index < -0.39 is 0 Å². The van der Waals surface area contributed by atoms with Crippen molar-refractivity contribution in [2.24, 2.45) is 5.73 Å². The van der Waals surface area contributed by atoms with Gasteiger partial charge in [0.2, 0.25) is 0 Å². The summed E-state index contributed by atoms with van der Waals surface area (Å²) in [4.78, 5) is 14.8. The molecule has 2 rings (SSSR count). The highest BCUT2D eigenvalue weighted by Crippen LogP contribution is 2.27. The van der Waals surface area contributed by atoms with E-state index in [0.29, 0.717) is 18.7 Å². The Hall–Kier alpha value is -1.59. The lowest BCUT2D eigenvalue weighted by atomic mass is 10.0. The number of nitrogens with two attached hydrogens (primary N) is 1. The van der Waals surface area contributed by atoms with Gasteiger partial charge in [-0.15, -0.1) is 12.4 Å². The van der Waals surface area contributed by atoms with Crippen LogP contribution in [0.25, 0.3) is 0 Å². The summed E-state index contributed by atoms with van der Waals surface area (Å²) >= 11 is 6.39. The smallest absolute Gasteiger partial charge is 0.251 e. The Bertz CT molecular complexity index is 688. The van der Waals surface area contributed by atoms with Crippen LogP contribution in [0.3, 0.4) is 0 Å². The minimum Gasteiger partial charge on any atom is -0.350 e. The number of hydrogen-bond donors (Lipinski definition) is 2. The van der Waals surface area contributed by atoms with Crippen LogP contribution in [-0.4, -0.2) is 30.4 Å². The first kappa shape index (κ1) is 22.5. The number of carbonyl (C=O) groups excluding carboxylic acids is 1. The third-order valence-corrected chi connectivity index (χ3v) is 4.77. The molecular formula is C20H27Cl2N3O. The molecule has 6 heteroatoms. The molecule has 0 aromatic heterocycles. The second-order valence-electron chi connectivity index (χ2n) is 5.87. The number of nitrogens with one attached hydrogen (secondary N) is 1. The van der Waals surface area contributed by atoms with Crippen molar-refractivity contribution in [2.75, 3.05) is 19.6 Å². The molecule has 3 N–H and O–H groups in total. The maximum absolute atomic E-state index is 12.5. The Morgan fingerprint density at radius 3 is 2.27 bits per heavy atom. The van der Waals surface area contributed by atoms with E-state index in [-0.39, 0.29) is 24.4 Å². The van der Waals surface area contributed by atoms with Gasteiger partial charge in [0.25, 0.3) is 5.91 Å². The van der Waals surface area contributed by atoms with E-state index in [9.17, 15) is 4.79 Å². The summed E-state index contributed by atoms with van der Waals surface area (Å²) in [5, 5.41) is 3.76. The number of carbonyl (C=O) groups is 1. The van der Waals surface area contributed by atoms with Gasteiger partial charge >= 0.3 is 0 Å². The van der Waals surface area contributed by atoms with Gasteiger partial charge < -0.3 is 11.1 Å². The van der Waals surface area contributed by atoms with Gasteiger partial charge in [0.1, 0.15) is 0 Å². The zero-order valence-corrected chi connectivity index (χ0v) is 16.8. The second-order valence-corrected chi connectivity index (χ2v) is 6.28. The molecule has 0 radical (unpaired) electrons. The number of likely N-dealkylation sites (N-methyl/N-ethyl adjacent to an activating group) is 1. The van der Waals surface area contributed by atoms with Gasteiger partial charge in [0.15, 0.2) is 0 Å². The number of halogens is 2. The summed E-state index contributed by atoms with van der Waals surface area (Å²) in [7, 11) is 0. The van der Waals surface area contributed by atoms with Crippen LogP contribution < -0.4 is 11.1 Å². The van der Waals surface area contributed by atoms with Crippen LogP contribution in [0.4, 0.5) is 0 Å². The van der Waals surface area contributed by atoms with Crippen molar-refractivity contribution in [1.82, 2.24) is 10.2 Å². The van der Waals surface area contributed by atoms with Gasteiger partial charge in [-0.2, -0.15) is 0 Å². The SMILES string of the molecule is CCN(CC)C(CNC(=O)c1ccc(CN)cc1)c1ccccc1Cl.Cl. The minimum absolute atomic E-state index is 0. The Morgan fingerprint density at radius 2 is 1.73 bits per heavy atom. The third-order valence-electron chi connectivity index (χ3n) is 4.43. The van der Waals surface area contributed by atoms with Crippen molar-refractivity contribution in [2.45, 2.75) is 26.4 Å². The molecule has 1 amide bonds. The van der Waals surface area contributed by atoms with Gasteiger partial charge in [-0.1, -0.05) is 55.8 Å². The molecule has 0 aliphatic carbocycles. The Morgan fingerprint density at radius 1 is 1.12 bits per heavy atom. The minimum atomic E-state index is -0.0900. The van der Waals surface area contributed by atoms with Gasteiger partial charge in [0, 0.05) is 23.7 Å². The average Bonchev–Trinajstić information content (AvgIpc) is 2.65. The molecule has 142 valence electrons. The summed E-state index contributed by atoms with van der Waals surface area (Å²) in [5.74, 6) is -0.0900. The van der Waals surface area contributed by atoms with Gasteiger partial charge in [-0.05, 0) is 42.4 Å². The van der Waals surface area contributed by atoms with Crippen LogP contribution in [0.1, 0.15) is 41.4 Å². The maximum Gasteiger partial charge on any atom is 0.251 e. The molecular weight excluding hydrogens is 369 g/mol. The van der Waals surface area contributed by atoms with Gasteiger partial charge in [0.05, 0.1) is 6.04 Å². The van der Waals surface area contributed by atoms with Crippen molar-refractivity contribution in [3.63, 3.8) is 0 Å². The largest absolute Gasteiger partial charge is 0.350 e. The topological polar surface area (TPSA) is 58.4 Å². The summed E-state index contributed by atoms with van der Waals surface area (Å²) in [6.07, 6.45) is 0. The summed E-state index contributed by atoms with van der Waals surface area (Å²) < 4.78 is 0. The molecule has 26 heavy (non-hydrogen) atoms. The molecule has 0 saturated heterocycles. The number of hydrogen-bond acceptors (Lipinski definition) is 3. The monoisotopic (exact) mass is 395 g/mol. The highest BCUT2D eigenvalue weighted by Gasteiger charge is 2.21. The van der Waals surface area contributed by atoms with Crippen LogP contribution in [0.15, 0.2) is 48.5 Å². The molecule has 0 bridgehead atoms. The van der Waals surface area contributed by atoms with E-state index in [1.165, 1.54) is 0 Å². The lowest BCUT2D eigenvalue weighted by Crippen LogP contribution is -2.38. The predicted molar refractivity (Wildman–Crippen MR) is 111 cm³/mol. The van der Waals surface area contributed by atoms with E-state index in [0.717, 1.165) is 29.2 Å². The fraction of sp³-hybridized carbons (Fsp3) is 0.350. The van der Waals surface area contributed by atoms with Crippen LogP contribution in [0.5, 0.6) is 0 Å². The molecule has 0 saturated carbocycles. The first-order chi connectivity index (χ1) is 12.1. The molecule has 0 aliphatic heterocycles. The molecule has 4 nitrogen and oxygen atoms in total. The average molecular weight is 396 g/mol. The lowest BCUT2D eigenvalue weighted by Gasteiger charge is -2.31. The van der Waals surface area contributed by atoms with Crippen LogP contribution in [0, 0.1) is 0 Å². The van der Waals surface area contributed by atoms with E-state index in [4.69, 9.17) is 17.3 Å². The lowest BCUT2D eigenvalue weighted by molar-refractivity contribution is 0.0935. The van der Waals surface area contributed by atoms with E-state index >= 15 is 0 Å². The molecule has 0 aliphatic rings. The van der Waals surface area contributed by atoms with Crippen LogP contribution in [-0.2, 0) is 6.54 Å². The Kier molecular flexibility index (Phi) is 9.66. The van der Waals surface area contributed by atoms with Crippen molar-refractivity contribution in [3.05, 3.63) is 70.2 Å². The molecule has 0 fully saturated rings. The van der Waals surface area contributed by atoms with E-state index in [2.05, 4.69) is 24.1 Å². The zero-order chi connectivity index (χ0) is 18.2. The molecule has 1 unspecified atom stereocenters. The zero-order valence-electron chi connectivity index (χ0n) is 15.2. The van der Waals surface area contributed by atoms with Crippen molar-refractivity contribution in [3.8, 4) is 0 Å². The Balaban J connectivity index is 0.00000338. The predicted octanol–water partition coefficient (Wildman–Crippen LogP) is 4.03. The van der Waals surface area contributed by atoms with E-state index in [1.54, 1.807) is 12.1 Å². The molecule has 0 spiro atoms. The third kappa shape index (κ3) is 5.71. The quantitative estimate of drug-likeness (QED) is 0.708. The number of benzene rings is 2. The number of nitrogens with zero attached hydrogens (tertiary/aromatic N) is 1. The summed E-state index contributed by atoms with van der Waals surface area (Å²) in [6, 6.07) is 15.2. The maximum atomic E-state index is 12.5. The Labute approximate surface area is 167 Å².